The Bertz CT molecular complexity index is 302. The molecule has 0 aromatic carbocycles. The van der Waals surface area contributed by atoms with Crippen LogP contribution in [-0.4, -0.2) is 72.9 Å². The van der Waals surface area contributed by atoms with E-state index in [4.69, 9.17) is 9.84 Å². The smallest absolute Gasteiger partial charge is 0.237 e. The van der Waals surface area contributed by atoms with Crippen molar-refractivity contribution in [2.24, 2.45) is 0 Å². The van der Waals surface area contributed by atoms with Gasteiger partial charge in [0.2, 0.25) is 5.91 Å². The molecule has 0 spiro atoms. The minimum absolute atomic E-state index is 0.0662. The quantitative estimate of drug-likeness (QED) is 0.631. The number of carbonyl (C=O) groups excluding carboxylic acids is 1. The van der Waals surface area contributed by atoms with Gasteiger partial charge < -0.3 is 14.7 Å². The number of hydrogen-bond donors (Lipinski definition) is 1. The number of rotatable bonds is 9. The molecule has 1 aliphatic heterocycles. The summed E-state index contributed by atoms with van der Waals surface area (Å²) in [5, 5.41) is 8.73. The Morgan fingerprint density at radius 2 is 1.90 bits per heavy atom. The summed E-state index contributed by atoms with van der Waals surface area (Å²) < 4.78 is 5.51. The lowest BCUT2D eigenvalue weighted by atomic mass is 10.1. The molecule has 1 saturated heterocycles. The SMILES string of the molecule is C=CCN(CC=C)C(=O)CN1CCC(OCCO)CC1. The first kappa shape index (κ1) is 16.9. The van der Waals surface area contributed by atoms with Crippen LogP contribution < -0.4 is 0 Å². The monoisotopic (exact) mass is 282 g/mol. The average molecular weight is 282 g/mol. The van der Waals surface area contributed by atoms with Gasteiger partial charge >= 0.3 is 0 Å². The van der Waals surface area contributed by atoms with Crippen molar-refractivity contribution in [2.75, 3.05) is 45.9 Å². The Morgan fingerprint density at radius 3 is 2.40 bits per heavy atom. The van der Waals surface area contributed by atoms with E-state index < -0.39 is 0 Å². The van der Waals surface area contributed by atoms with Crippen LogP contribution in [0.4, 0.5) is 0 Å². The molecule has 0 radical (unpaired) electrons. The summed E-state index contributed by atoms with van der Waals surface area (Å²) in [6, 6.07) is 0. The third kappa shape index (κ3) is 5.86. The van der Waals surface area contributed by atoms with Crippen LogP contribution in [0.3, 0.4) is 0 Å². The maximum Gasteiger partial charge on any atom is 0.237 e. The van der Waals surface area contributed by atoms with Crippen LogP contribution in [0.15, 0.2) is 25.3 Å². The fourth-order valence-corrected chi connectivity index (χ4v) is 2.33. The van der Waals surface area contributed by atoms with E-state index >= 15 is 0 Å². The summed E-state index contributed by atoms with van der Waals surface area (Å²) in [5.74, 6) is 0.111. The predicted octanol–water partition coefficient (Wildman–Crippen LogP) is 0.660. The summed E-state index contributed by atoms with van der Waals surface area (Å²) in [7, 11) is 0. The van der Waals surface area contributed by atoms with Crippen molar-refractivity contribution in [3.63, 3.8) is 0 Å². The highest BCUT2D eigenvalue weighted by atomic mass is 16.5. The van der Waals surface area contributed by atoms with Crippen molar-refractivity contribution in [1.82, 2.24) is 9.80 Å². The van der Waals surface area contributed by atoms with Crippen LogP contribution in [-0.2, 0) is 9.53 Å². The lowest BCUT2D eigenvalue weighted by Gasteiger charge is -2.32. The van der Waals surface area contributed by atoms with Gasteiger partial charge in [-0.1, -0.05) is 12.2 Å². The third-order valence-electron chi connectivity index (χ3n) is 3.39. The van der Waals surface area contributed by atoms with Crippen molar-refractivity contribution < 1.29 is 14.6 Å². The predicted molar refractivity (Wildman–Crippen MR) is 79.5 cm³/mol. The highest BCUT2D eigenvalue weighted by molar-refractivity contribution is 5.78. The summed E-state index contributed by atoms with van der Waals surface area (Å²) in [5.41, 5.74) is 0. The Morgan fingerprint density at radius 1 is 1.30 bits per heavy atom. The Balaban J connectivity index is 2.32. The van der Waals surface area contributed by atoms with Gasteiger partial charge in [0.15, 0.2) is 0 Å². The minimum Gasteiger partial charge on any atom is -0.394 e. The van der Waals surface area contributed by atoms with Gasteiger partial charge in [0.25, 0.3) is 0 Å². The molecular formula is C15H26N2O3. The summed E-state index contributed by atoms with van der Waals surface area (Å²) in [6.07, 6.45) is 5.50. The zero-order valence-electron chi connectivity index (χ0n) is 12.2. The molecule has 1 heterocycles. The number of aliphatic hydroxyl groups is 1. The van der Waals surface area contributed by atoms with E-state index in [1.165, 1.54) is 0 Å². The molecule has 114 valence electrons. The summed E-state index contributed by atoms with van der Waals surface area (Å²) in [4.78, 5) is 16.1. The number of likely N-dealkylation sites (tertiary alicyclic amines) is 1. The van der Waals surface area contributed by atoms with Crippen molar-refractivity contribution >= 4 is 5.91 Å². The van der Waals surface area contributed by atoms with E-state index in [9.17, 15) is 4.79 Å². The van der Waals surface area contributed by atoms with Crippen LogP contribution in [0.25, 0.3) is 0 Å². The van der Waals surface area contributed by atoms with Crippen LogP contribution in [0.1, 0.15) is 12.8 Å². The highest BCUT2D eigenvalue weighted by Gasteiger charge is 2.22. The molecule has 0 aromatic rings. The van der Waals surface area contributed by atoms with E-state index in [-0.39, 0.29) is 18.6 Å². The zero-order valence-corrected chi connectivity index (χ0v) is 12.2. The molecule has 1 rings (SSSR count). The van der Waals surface area contributed by atoms with Crippen LogP contribution in [0, 0.1) is 0 Å². The second-order valence-corrected chi connectivity index (χ2v) is 4.95. The van der Waals surface area contributed by atoms with E-state index in [1.54, 1.807) is 17.1 Å². The van der Waals surface area contributed by atoms with Gasteiger partial charge in [-0.2, -0.15) is 0 Å². The van der Waals surface area contributed by atoms with Gasteiger partial charge in [-0.15, -0.1) is 13.2 Å². The number of piperidine rings is 1. The molecule has 0 atom stereocenters. The molecule has 5 heteroatoms. The van der Waals surface area contributed by atoms with Crippen LogP contribution in [0.2, 0.25) is 0 Å². The van der Waals surface area contributed by atoms with Gasteiger partial charge in [0, 0.05) is 26.2 Å². The Labute approximate surface area is 121 Å². The van der Waals surface area contributed by atoms with Crippen molar-refractivity contribution in [3.8, 4) is 0 Å². The van der Waals surface area contributed by atoms with E-state index in [1.807, 2.05) is 0 Å². The third-order valence-corrected chi connectivity index (χ3v) is 3.39. The van der Waals surface area contributed by atoms with Crippen LogP contribution in [0.5, 0.6) is 0 Å². The molecule has 0 unspecified atom stereocenters. The van der Waals surface area contributed by atoms with Gasteiger partial charge in [0.05, 0.1) is 25.9 Å². The normalized spacial score (nSPS) is 16.9. The van der Waals surface area contributed by atoms with Crippen molar-refractivity contribution in [3.05, 3.63) is 25.3 Å². The molecular weight excluding hydrogens is 256 g/mol. The van der Waals surface area contributed by atoms with Gasteiger partial charge in [0.1, 0.15) is 0 Å². The second kappa shape index (κ2) is 9.69. The van der Waals surface area contributed by atoms with E-state index in [2.05, 4.69) is 18.1 Å². The lowest BCUT2D eigenvalue weighted by Crippen LogP contribution is -2.44. The number of nitrogens with zero attached hydrogens (tertiary/aromatic N) is 2. The van der Waals surface area contributed by atoms with E-state index in [0.29, 0.717) is 26.2 Å². The fourth-order valence-electron chi connectivity index (χ4n) is 2.33. The number of aliphatic hydroxyl groups excluding tert-OH is 1. The first-order chi connectivity index (χ1) is 9.71. The topological polar surface area (TPSA) is 53.0 Å². The summed E-state index contributed by atoms with van der Waals surface area (Å²) >= 11 is 0. The molecule has 0 saturated carbocycles. The molecule has 1 aliphatic rings. The number of ether oxygens (including phenoxy) is 1. The first-order valence-electron chi connectivity index (χ1n) is 7.15. The van der Waals surface area contributed by atoms with Gasteiger partial charge in [-0.25, -0.2) is 0 Å². The van der Waals surface area contributed by atoms with Crippen LogP contribution >= 0.6 is 0 Å². The second-order valence-electron chi connectivity index (χ2n) is 4.95. The Kier molecular flexibility index (Phi) is 8.18. The molecule has 0 bridgehead atoms. The number of hydrogen-bond acceptors (Lipinski definition) is 4. The zero-order chi connectivity index (χ0) is 14.8. The maximum atomic E-state index is 12.2. The van der Waals surface area contributed by atoms with Gasteiger partial charge in [-0.3, -0.25) is 9.69 Å². The molecule has 1 fully saturated rings. The lowest BCUT2D eigenvalue weighted by molar-refractivity contribution is -0.132. The fraction of sp³-hybridized carbons (Fsp3) is 0.667. The number of amides is 1. The largest absolute Gasteiger partial charge is 0.394 e. The Hall–Kier alpha value is -1.17. The van der Waals surface area contributed by atoms with E-state index in [0.717, 1.165) is 25.9 Å². The highest BCUT2D eigenvalue weighted by Crippen LogP contribution is 2.13. The first-order valence-corrected chi connectivity index (χ1v) is 7.15. The van der Waals surface area contributed by atoms with Gasteiger partial charge in [-0.05, 0) is 12.8 Å². The standard InChI is InChI=1S/C15H26N2O3/c1-3-7-17(8-4-2)15(19)13-16-9-5-14(6-10-16)20-12-11-18/h3-4,14,18H,1-2,5-13H2. The molecule has 1 N–H and O–H groups in total. The molecule has 0 aliphatic carbocycles. The molecule has 20 heavy (non-hydrogen) atoms. The molecule has 0 aromatic heterocycles. The molecule has 5 nitrogen and oxygen atoms in total. The maximum absolute atomic E-state index is 12.2. The van der Waals surface area contributed by atoms with Crippen molar-refractivity contribution in [2.45, 2.75) is 18.9 Å². The average Bonchev–Trinajstić information content (AvgIpc) is 2.46. The minimum atomic E-state index is 0.0662. The number of carbonyl (C=O) groups is 1. The van der Waals surface area contributed by atoms with Crippen molar-refractivity contribution in [1.29, 1.82) is 0 Å². The molecule has 1 amide bonds. The summed E-state index contributed by atoms with van der Waals surface area (Å²) in [6.45, 7) is 11.1.